The quantitative estimate of drug-likeness (QED) is 0.300. The van der Waals surface area contributed by atoms with Crippen LogP contribution < -0.4 is 0 Å². The van der Waals surface area contributed by atoms with Gasteiger partial charge in [0.25, 0.3) is 0 Å². The van der Waals surface area contributed by atoms with E-state index in [4.69, 9.17) is 4.98 Å². The lowest BCUT2D eigenvalue weighted by Crippen LogP contribution is -2.10. The van der Waals surface area contributed by atoms with Crippen LogP contribution in [0, 0.1) is 0 Å². The van der Waals surface area contributed by atoms with Gasteiger partial charge in [-0.1, -0.05) is 63.2 Å². The summed E-state index contributed by atoms with van der Waals surface area (Å²) in [6.07, 6.45) is 2.14. The Morgan fingerprint density at radius 1 is 0.700 bits per heavy atom. The zero-order valence-electron chi connectivity index (χ0n) is 17.4. The van der Waals surface area contributed by atoms with Gasteiger partial charge in [0.15, 0.2) is 0 Å². The third-order valence-electron chi connectivity index (χ3n) is 6.10. The molecule has 3 aromatic carbocycles. The summed E-state index contributed by atoms with van der Waals surface area (Å²) in [5, 5.41) is 2.43. The Kier molecular flexibility index (Phi) is 3.43. The minimum Gasteiger partial charge on any atom is -0.309 e. The fraction of sp³-hybridized carbons (Fsp3) is 0.148. The highest BCUT2D eigenvalue weighted by atomic mass is 15.0. The van der Waals surface area contributed by atoms with Crippen molar-refractivity contribution in [2.75, 3.05) is 0 Å². The van der Waals surface area contributed by atoms with E-state index in [9.17, 15) is 0 Å². The van der Waals surface area contributed by atoms with Gasteiger partial charge in [0.05, 0.1) is 27.5 Å². The fourth-order valence-corrected chi connectivity index (χ4v) is 4.56. The van der Waals surface area contributed by atoms with Gasteiger partial charge in [0.2, 0.25) is 0 Å². The van der Waals surface area contributed by atoms with Crippen LogP contribution >= 0.6 is 0 Å². The number of imidazole rings is 1. The maximum absolute atomic E-state index is 5.00. The summed E-state index contributed by atoms with van der Waals surface area (Å²) in [6, 6.07) is 28.1. The molecule has 6 aromatic rings. The lowest BCUT2D eigenvalue weighted by molar-refractivity contribution is 0.590. The van der Waals surface area contributed by atoms with Crippen LogP contribution in [0.3, 0.4) is 0 Å². The number of pyridine rings is 1. The van der Waals surface area contributed by atoms with Crippen molar-refractivity contribution in [2.45, 2.75) is 26.2 Å². The average Bonchev–Trinajstić information content (AvgIpc) is 3.29. The van der Waals surface area contributed by atoms with E-state index in [1.165, 1.54) is 33.1 Å². The van der Waals surface area contributed by atoms with Crippen LogP contribution in [0.2, 0.25) is 0 Å². The van der Waals surface area contributed by atoms with Crippen LogP contribution in [0.15, 0.2) is 85.1 Å². The standard InChI is InChI=1S/C27H23N3/c1-27(2,3)18-12-14-19(15-13-18)30-22-10-6-4-8-20(22)25-24(30)16-17-29-23-11-7-5-9-21(23)28-26(25)29/h4-17H,1-3H3. The molecule has 0 saturated heterocycles. The molecule has 3 heteroatoms. The lowest BCUT2D eigenvalue weighted by atomic mass is 9.87. The van der Waals surface area contributed by atoms with Crippen molar-refractivity contribution in [3.05, 3.63) is 90.6 Å². The molecule has 0 N–H and O–H groups in total. The van der Waals surface area contributed by atoms with Gasteiger partial charge in [-0.2, -0.15) is 0 Å². The van der Waals surface area contributed by atoms with E-state index in [0.717, 1.165) is 16.7 Å². The van der Waals surface area contributed by atoms with Crippen LogP contribution in [0.4, 0.5) is 0 Å². The van der Waals surface area contributed by atoms with Gasteiger partial charge in [0.1, 0.15) is 5.65 Å². The normalized spacial score (nSPS) is 12.5. The smallest absolute Gasteiger partial charge is 0.148 e. The monoisotopic (exact) mass is 389 g/mol. The fourth-order valence-electron chi connectivity index (χ4n) is 4.56. The Bertz CT molecular complexity index is 1560. The largest absolute Gasteiger partial charge is 0.309 e. The van der Waals surface area contributed by atoms with Gasteiger partial charge >= 0.3 is 0 Å². The highest BCUT2D eigenvalue weighted by Crippen LogP contribution is 2.36. The van der Waals surface area contributed by atoms with Crippen molar-refractivity contribution in [1.82, 2.24) is 14.0 Å². The molecule has 0 unspecified atom stereocenters. The summed E-state index contributed by atoms with van der Waals surface area (Å²) in [5.41, 5.74) is 8.22. The molecule has 0 atom stereocenters. The van der Waals surface area contributed by atoms with E-state index in [1.54, 1.807) is 0 Å². The Morgan fingerprint density at radius 3 is 2.17 bits per heavy atom. The van der Waals surface area contributed by atoms with E-state index in [2.05, 4.69) is 109 Å². The number of rotatable bonds is 1. The molecule has 0 spiro atoms. The zero-order valence-corrected chi connectivity index (χ0v) is 17.4. The molecule has 0 saturated carbocycles. The second-order valence-electron chi connectivity index (χ2n) is 9.02. The Morgan fingerprint density at radius 2 is 1.40 bits per heavy atom. The highest BCUT2D eigenvalue weighted by molar-refractivity contribution is 6.16. The van der Waals surface area contributed by atoms with Crippen molar-refractivity contribution in [2.24, 2.45) is 0 Å². The van der Waals surface area contributed by atoms with E-state index in [-0.39, 0.29) is 5.41 Å². The molecule has 0 fully saturated rings. The van der Waals surface area contributed by atoms with E-state index >= 15 is 0 Å². The predicted molar refractivity (Wildman–Crippen MR) is 126 cm³/mol. The molecule has 0 aliphatic rings. The molecule has 3 nitrogen and oxygen atoms in total. The van der Waals surface area contributed by atoms with Crippen LogP contribution in [0.25, 0.3) is 44.2 Å². The minimum absolute atomic E-state index is 0.140. The topological polar surface area (TPSA) is 22.2 Å². The van der Waals surface area contributed by atoms with Gasteiger partial charge in [-0.25, -0.2) is 4.98 Å². The Labute approximate surface area is 175 Å². The van der Waals surface area contributed by atoms with Gasteiger partial charge in [-0.15, -0.1) is 0 Å². The average molecular weight is 390 g/mol. The number of benzene rings is 3. The van der Waals surface area contributed by atoms with Crippen LogP contribution in [0.5, 0.6) is 0 Å². The molecule has 0 aliphatic heterocycles. The molecular formula is C27H23N3. The number of nitrogens with zero attached hydrogens (tertiary/aromatic N) is 3. The Balaban J connectivity index is 1.73. The maximum Gasteiger partial charge on any atom is 0.148 e. The molecule has 3 heterocycles. The number of aromatic nitrogens is 3. The lowest BCUT2D eigenvalue weighted by Gasteiger charge is -2.19. The first kappa shape index (κ1) is 17.3. The molecule has 0 radical (unpaired) electrons. The summed E-state index contributed by atoms with van der Waals surface area (Å²) < 4.78 is 4.56. The third kappa shape index (κ3) is 2.35. The van der Waals surface area contributed by atoms with Crippen LogP contribution in [-0.2, 0) is 5.41 Å². The molecule has 0 bridgehead atoms. The molecule has 6 rings (SSSR count). The van der Waals surface area contributed by atoms with Crippen molar-refractivity contribution in [1.29, 1.82) is 0 Å². The Hall–Kier alpha value is -3.59. The third-order valence-corrected chi connectivity index (χ3v) is 6.10. The maximum atomic E-state index is 5.00. The van der Waals surface area contributed by atoms with Crippen LogP contribution in [-0.4, -0.2) is 14.0 Å². The molecule has 0 amide bonds. The zero-order chi connectivity index (χ0) is 20.5. The van der Waals surface area contributed by atoms with Crippen molar-refractivity contribution in [3.8, 4) is 5.69 Å². The first-order valence-corrected chi connectivity index (χ1v) is 10.4. The van der Waals surface area contributed by atoms with Gasteiger partial charge in [-0.3, -0.25) is 4.40 Å². The minimum atomic E-state index is 0.140. The van der Waals surface area contributed by atoms with Gasteiger partial charge < -0.3 is 4.57 Å². The number of hydrogen-bond acceptors (Lipinski definition) is 1. The first-order chi connectivity index (χ1) is 14.5. The molecule has 3 aromatic heterocycles. The molecular weight excluding hydrogens is 366 g/mol. The van der Waals surface area contributed by atoms with Crippen molar-refractivity contribution >= 4 is 38.5 Å². The molecule has 0 aliphatic carbocycles. The summed E-state index contributed by atoms with van der Waals surface area (Å²) in [6.45, 7) is 6.76. The van der Waals surface area contributed by atoms with Crippen LogP contribution in [0.1, 0.15) is 26.3 Å². The number of hydrogen-bond donors (Lipinski definition) is 0. The summed E-state index contributed by atoms with van der Waals surface area (Å²) >= 11 is 0. The van der Waals surface area contributed by atoms with Gasteiger partial charge in [0, 0.05) is 17.3 Å². The highest BCUT2D eigenvalue weighted by Gasteiger charge is 2.18. The number of para-hydroxylation sites is 3. The molecule has 146 valence electrons. The predicted octanol–water partition coefficient (Wildman–Crippen LogP) is 6.88. The number of fused-ring (bicyclic) bond motifs is 7. The summed E-state index contributed by atoms with van der Waals surface area (Å²) in [4.78, 5) is 5.00. The summed E-state index contributed by atoms with van der Waals surface area (Å²) in [5.74, 6) is 0. The first-order valence-electron chi connectivity index (χ1n) is 10.4. The van der Waals surface area contributed by atoms with E-state index in [1.807, 2.05) is 6.07 Å². The van der Waals surface area contributed by atoms with Crippen molar-refractivity contribution < 1.29 is 0 Å². The SMILES string of the molecule is CC(C)(C)c1ccc(-n2c3ccccc3c3c2ccn2c4ccccc4nc32)cc1. The summed E-state index contributed by atoms with van der Waals surface area (Å²) in [7, 11) is 0. The van der Waals surface area contributed by atoms with Crippen molar-refractivity contribution in [3.63, 3.8) is 0 Å². The van der Waals surface area contributed by atoms with E-state index in [0.29, 0.717) is 0 Å². The second kappa shape index (κ2) is 5.96. The van der Waals surface area contributed by atoms with Gasteiger partial charge in [-0.05, 0) is 47.4 Å². The van der Waals surface area contributed by atoms with E-state index < -0.39 is 0 Å². The molecule has 30 heavy (non-hydrogen) atoms. The second-order valence-corrected chi connectivity index (χ2v) is 9.02.